The molecule has 2 aromatic rings. The van der Waals surface area contributed by atoms with Crippen LogP contribution >= 0.6 is 0 Å². The molecule has 0 radical (unpaired) electrons. The van der Waals surface area contributed by atoms with E-state index in [2.05, 4.69) is 0 Å². The van der Waals surface area contributed by atoms with Crippen LogP contribution < -0.4 is 15.2 Å². The number of benzene rings is 2. The highest BCUT2D eigenvalue weighted by molar-refractivity contribution is 5.41. The highest BCUT2D eigenvalue weighted by Crippen LogP contribution is 2.27. The molecule has 0 bridgehead atoms. The summed E-state index contributed by atoms with van der Waals surface area (Å²) in [6.45, 7) is 0.131. The summed E-state index contributed by atoms with van der Waals surface area (Å²) >= 11 is 0. The van der Waals surface area contributed by atoms with Gasteiger partial charge in [-0.25, -0.2) is 4.39 Å². The van der Waals surface area contributed by atoms with Crippen molar-refractivity contribution in [3.05, 3.63) is 53.8 Å². The number of nitrogen functional groups attached to an aromatic ring is 1. The molecule has 18 heavy (non-hydrogen) atoms. The summed E-state index contributed by atoms with van der Waals surface area (Å²) < 4.78 is 24.2. The highest BCUT2D eigenvalue weighted by atomic mass is 19.1. The fraction of sp³-hybridized carbons (Fsp3) is 0.143. The van der Waals surface area contributed by atoms with Crippen LogP contribution in [-0.2, 0) is 6.61 Å². The van der Waals surface area contributed by atoms with E-state index in [-0.39, 0.29) is 12.4 Å². The van der Waals surface area contributed by atoms with Crippen LogP contribution in [0.15, 0.2) is 42.5 Å². The molecule has 2 N–H and O–H groups in total. The summed E-state index contributed by atoms with van der Waals surface area (Å²) in [7, 11) is 1.56. The van der Waals surface area contributed by atoms with Crippen molar-refractivity contribution in [2.24, 2.45) is 0 Å². The number of methoxy groups -OCH3 is 1. The van der Waals surface area contributed by atoms with Gasteiger partial charge >= 0.3 is 0 Å². The Bertz CT molecular complexity index is 543. The quantitative estimate of drug-likeness (QED) is 0.845. The fourth-order valence-corrected chi connectivity index (χ4v) is 1.57. The summed E-state index contributed by atoms with van der Waals surface area (Å²) in [6, 6.07) is 11.8. The molecule has 0 aliphatic carbocycles. The number of rotatable bonds is 4. The van der Waals surface area contributed by atoms with Gasteiger partial charge in [-0.2, -0.15) is 0 Å². The van der Waals surface area contributed by atoms with E-state index in [9.17, 15) is 4.39 Å². The Morgan fingerprint density at radius 1 is 1.11 bits per heavy atom. The zero-order valence-electron chi connectivity index (χ0n) is 10.0. The molecule has 4 heteroatoms. The highest BCUT2D eigenvalue weighted by Gasteiger charge is 2.06. The standard InChI is InChI=1S/C14H14FNO2/c1-17-13-4-2-3-5-14(13)18-9-10-6-7-11(16)8-12(10)15/h2-8H,9,16H2,1H3. The van der Waals surface area contributed by atoms with Gasteiger partial charge in [0.2, 0.25) is 0 Å². The minimum absolute atomic E-state index is 0.131. The molecule has 2 rings (SSSR count). The zero-order valence-corrected chi connectivity index (χ0v) is 10.0. The maximum Gasteiger partial charge on any atom is 0.161 e. The third-order valence-corrected chi connectivity index (χ3v) is 2.53. The average Bonchev–Trinajstić information content (AvgIpc) is 2.38. The monoisotopic (exact) mass is 247 g/mol. The van der Waals surface area contributed by atoms with Crippen molar-refractivity contribution in [1.82, 2.24) is 0 Å². The Morgan fingerprint density at radius 2 is 1.83 bits per heavy atom. The van der Waals surface area contributed by atoms with Crippen molar-refractivity contribution in [2.45, 2.75) is 6.61 Å². The minimum atomic E-state index is -0.370. The molecule has 94 valence electrons. The first-order valence-electron chi connectivity index (χ1n) is 5.50. The molecule has 0 aromatic heterocycles. The fourth-order valence-electron chi connectivity index (χ4n) is 1.57. The van der Waals surface area contributed by atoms with Crippen LogP contribution in [0.3, 0.4) is 0 Å². The van der Waals surface area contributed by atoms with Crippen LogP contribution in [-0.4, -0.2) is 7.11 Å². The number of para-hydroxylation sites is 2. The van der Waals surface area contributed by atoms with E-state index in [0.717, 1.165) is 0 Å². The van der Waals surface area contributed by atoms with Crippen LogP contribution in [0.1, 0.15) is 5.56 Å². The second kappa shape index (κ2) is 5.40. The maximum atomic E-state index is 13.5. The summed E-state index contributed by atoms with van der Waals surface area (Å²) in [6.07, 6.45) is 0. The molecule has 0 saturated carbocycles. The predicted octanol–water partition coefficient (Wildman–Crippen LogP) is 3.00. The molecule has 3 nitrogen and oxygen atoms in total. The van der Waals surface area contributed by atoms with Crippen molar-refractivity contribution in [1.29, 1.82) is 0 Å². The lowest BCUT2D eigenvalue weighted by Crippen LogP contribution is -2.00. The summed E-state index contributed by atoms with van der Waals surface area (Å²) in [5.74, 6) is 0.828. The largest absolute Gasteiger partial charge is 0.493 e. The topological polar surface area (TPSA) is 44.5 Å². The molecule has 0 heterocycles. The lowest BCUT2D eigenvalue weighted by atomic mass is 10.2. The number of hydrogen-bond acceptors (Lipinski definition) is 3. The number of halogens is 1. The SMILES string of the molecule is COc1ccccc1OCc1ccc(N)cc1F. The molecule has 0 atom stereocenters. The Kier molecular flexibility index (Phi) is 3.67. The maximum absolute atomic E-state index is 13.5. The third-order valence-electron chi connectivity index (χ3n) is 2.53. The number of ether oxygens (including phenoxy) is 2. The first kappa shape index (κ1) is 12.2. The predicted molar refractivity (Wildman–Crippen MR) is 68.1 cm³/mol. The van der Waals surface area contributed by atoms with Crippen molar-refractivity contribution in [3.63, 3.8) is 0 Å². The molecule has 0 fully saturated rings. The van der Waals surface area contributed by atoms with E-state index in [1.807, 2.05) is 12.1 Å². The lowest BCUT2D eigenvalue weighted by Gasteiger charge is -2.10. The van der Waals surface area contributed by atoms with E-state index in [0.29, 0.717) is 22.7 Å². The van der Waals surface area contributed by atoms with Crippen LogP contribution in [0.5, 0.6) is 11.5 Å². The second-order valence-electron chi connectivity index (χ2n) is 3.79. The summed E-state index contributed by atoms with van der Waals surface area (Å²) in [5, 5.41) is 0. The lowest BCUT2D eigenvalue weighted by molar-refractivity contribution is 0.280. The van der Waals surface area contributed by atoms with Gasteiger partial charge in [0, 0.05) is 11.3 Å². The molecule has 0 aliphatic heterocycles. The van der Waals surface area contributed by atoms with Gasteiger partial charge in [0.05, 0.1) is 7.11 Å². The van der Waals surface area contributed by atoms with Gasteiger partial charge in [-0.3, -0.25) is 0 Å². The van der Waals surface area contributed by atoms with Crippen LogP contribution in [0.2, 0.25) is 0 Å². The van der Waals surface area contributed by atoms with Gasteiger partial charge in [-0.15, -0.1) is 0 Å². The van der Waals surface area contributed by atoms with Crippen molar-refractivity contribution in [2.75, 3.05) is 12.8 Å². The van der Waals surface area contributed by atoms with Gasteiger partial charge < -0.3 is 15.2 Å². The summed E-state index contributed by atoms with van der Waals surface area (Å²) in [5.41, 5.74) is 6.33. The molecule has 0 saturated heterocycles. The number of hydrogen-bond donors (Lipinski definition) is 1. The van der Waals surface area contributed by atoms with Gasteiger partial charge in [0.1, 0.15) is 12.4 Å². The first-order chi connectivity index (χ1) is 8.70. The third kappa shape index (κ3) is 2.71. The van der Waals surface area contributed by atoms with Crippen LogP contribution in [0.25, 0.3) is 0 Å². The molecule has 0 unspecified atom stereocenters. The van der Waals surface area contributed by atoms with Gasteiger partial charge in [-0.05, 0) is 24.3 Å². The zero-order chi connectivity index (χ0) is 13.0. The molecule has 2 aromatic carbocycles. The molecule has 0 amide bonds. The summed E-state index contributed by atoms with van der Waals surface area (Å²) in [4.78, 5) is 0. The first-order valence-corrected chi connectivity index (χ1v) is 5.50. The Morgan fingerprint density at radius 3 is 2.50 bits per heavy atom. The van der Waals surface area contributed by atoms with E-state index >= 15 is 0 Å². The van der Waals surface area contributed by atoms with E-state index in [4.69, 9.17) is 15.2 Å². The molecular formula is C14H14FNO2. The Balaban J connectivity index is 2.11. The van der Waals surface area contributed by atoms with Gasteiger partial charge in [0.25, 0.3) is 0 Å². The van der Waals surface area contributed by atoms with Crippen molar-refractivity contribution < 1.29 is 13.9 Å². The average molecular weight is 247 g/mol. The Hall–Kier alpha value is -2.23. The number of anilines is 1. The van der Waals surface area contributed by atoms with E-state index in [1.54, 1.807) is 31.4 Å². The number of nitrogens with two attached hydrogens (primary N) is 1. The van der Waals surface area contributed by atoms with Gasteiger partial charge in [-0.1, -0.05) is 18.2 Å². The van der Waals surface area contributed by atoms with Crippen LogP contribution in [0, 0.1) is 5.82 Å². The molecule has 0 aliphatic rings. The van der Waals surface area contributed by atoms with Crippen molar-refractivity contribution >= 4 is 5.69 Å². The minimum Gasteiger partial charge on any atom is -0.493 e. The normalized spacial score (nSPS) is 10.1. The van der Waals surface area contributed by atoms with Crippen LogP contribution in [0.4, 0.5) is 10.1 Å². The Labute approximate surface area is 105 Å². The van der Waals surface area contributed by atoms with Crippen molar-refractivity contribution in [3.8, 4) is 11.5 Å². The van der Waals surface area contributed by atoms with Gasteiger partial charge in [0.15, 0.2) is 11.5 Å². The van der Waals surface area contributed by atoms with E-state index in [1.165, 1.54) is 6.07 Å². The second-order valence-corrected chi connectivity index (χ2v) is 3.79. The smallest absolute Gasteiger partial charge is 0.161 e. The molecular weight excluding hydrogens is 233 g/mol. The molecule has 0 spiro atoms. The van der Waals surface area contributed by atoms with E-state index < -0.39 is 0 Å².